The maximum atomic E-state index is 3.36. The predicted molar refractivity (Wildman–Crippen MR) is 15.9 cm³/mol. The van der Waals surface area contributed by atoms with Crippen LogP contribution in [0.4, 0.5) is 0 Å². The van der Waals surface area contributed by atoms with E-state index in [1.807, 2.05) is 6.92 Å². The van der Waals surface area contributed by atoms with Gasteiger partial charge in [-0.3, -0.25) is 0 Å². The van der Waals surface area contributed by atoms with Crippen molar-refractivity contribution in [2.45, 2.75) is 6.92 Å². The fourth-order valence-corrected chi connectivity index (χ4v) is 0. The van der Waals surface area contributed by atoms with Gasteiger partial charge in [0.05, 0.1) is 0 Å². The van der Waals surface area contributed by atoms with Gasteiger partial charge in [0, 0.05) is 22.4 Å². The molecule has 0 unspecified atom stereocenters. The Bertz CT molecular complexity index is 10.8. The average molecular weight is 135 g/mol. The van der Waals surface area contributed by atoms with Crippen molar-refractivity contribution >= 4 is 0 Å². The third-order valence-electron chi connectivity index (χ3n) is 0. The Balaban J connectivity index is 0. The number of hydrogen-bond acceptors (Lipinski definition) is 0. The molecule has 0 atom stereocenters. The minimum atomic E-state index is 0. The molecule has 0 fully saturated rings. The van der Waals surface area contributed by atoms with Crippen LogP contribution in [-0.4, -0.2) is 0 Å². The van der Waals surface area contributed by atoms with Crippen molar-refractivity contribution in [2.75, 3.05) is 0 Å². The Morgan fingerprint density at radius 2 is 1.75 bits per heavy atom. The Labute approximate surface area is 42.4 Å². The van der Waals surface area contributed by atoms with Crippen LogP contribution in [0.1, 0.15) is 6.92 Å². The number of allylic oxidation sites excluding steroid dienone is 1. The van der Waals surface area contributed by atoms with Crippen molar-refractivity contribution < 1.29 is 22.4 Å². The second-order valence-corrected chi connectivity index (χ2v) is 0.408. The van der Waals surface area contributed by atoms with Crippen molar-refractivity contribution in [3.63, 3.8) is 0 Å². The van der Waals surface area contributed by atoms with Crippen molar-refractivity contribution in [3.8, 4) is 0 Å². The third kappa shape index (κ3) is 23.6. The van der Waals surface area contributed by atoms with Gasteiger partial charge in [0.2, 0.25) is 0 Å². The molecule has 0 aromatic heterocycles. The monoisotopic (exact) mass is 135 g/mol. The molecule has 0 heterocycles. The molecule has 0 aliphatic rings. The van der Waals surface area contributed by atoms with Crippen LogP contribution < -0.4 is 0 Å². The second kappa shape index (κ2) is 9.77. The molecule has 0 nitrogen and oxygen atoms in total. The topological polar surface area (TPSA) is 0 Å². The summed E-state index contributed by atoms with van der Waals surface area (Å²) in [5, 5.41) is 0. The van der Waals surface area contributed by atoms with Gasteiger partial charge >= 0.3 is 0 Å². The Hall–Kier alpha value is 0.480. The van der Waals surface area contributed by atoms with E-state index in [9.17, 15) is 0 Å². The molecule has 0 aliphatic carbocycles. The molecule has 23 valence electrons. The van der Waals surface area contributed by atoms with Gasteiger partial charge in [-0.1, -0.05) is 6.08 Å². The van der Waals surface area contributed by atoms with E-state index in [2.05, 4.69) is 6.58 Å². The molecule has 4 heavy (non-hydrogen) atoms. The summed E-state index contributed by atoms with van der Waals surface area (Å²) in [6.45, 7) is 5.25. The molecule has 0 spiro atoms. The smallest absolute Gasteiger partial charge is 0 e. The van der Waals surface area contributed by atoms with Gasteiger partial charge in [-0.05, 0) is 6.92 Å². The summed E-state index contributed by atoms with van der Waals surface area (Å²) in [5.41, 5.74) is 0. The summed E-state index contributed by atoms with van der Waals surface area (Å²) in [7, 11) is 0. The van der Waals surface area contributed by atoms with Gasteiger partial charge in [0.25, 0.3) is 0 Å². The van der Waals surface area contributed by atoms with Gasteiger partial charge in [-0.25, -0.2) is 0 Å². The molecule has 1 heteroatoms. The first-order valence-corrected chi connectivity index (χ1v) is 0.986. The molecule has 0 saturated heterocycles. The minimum absolute atomic E-state index is 0. The fraction of sp³-hybridized carbons (Fsp3) is 0.333. The van der Waals surface area contributed by atoms with Crippen LogP contribution in [0.25, 0.3) is 0 Å². The van der Waals surface area contributed by atoms with Crippen LogP contribution in [0, 0.1) is 0 Å². The van der Waals surface area contributed by atoms with Gasteiger partial charge in [0.15, 0.2) is 0 Å². The van der Waals surface area contributed by atoms with Crippen molar-refractivity contribution in [1.29, 1.82) is 0 Å². The fourth-order valence-electron chi connectivity index (χ4n) is 0. The number of rotatable bonds is 0. The first kappa shape index (κ1) is 8.82. The van der Waals surface area contributed by atoms with E-state index in [1.165, 1.54) is 0 Å². The number of hydrogen-bond donors (Lipinski definition) is 0. The van der Waals surface area contributed by atoms with Gasteiger partial charge in [-0.2, -0.15) is 0 Å². The molecule has 0 aliphatic heterocycles. The zero-order chi connectivity index (χ0) is 2.71. The molecule has 0 amide bonds. The van der Waals surface area contributed by atoms with Crippen LogP contribution in [0.2, 0.25) is 0 Å². The average Bonchev–Trinajstić information content (AvgIpc) is 0.918. The summed E-state index contributed by atoms with van der Waals surface area (Å²) < 4.78 is 0. The predicted octanol–water partition coefficient (Wildman–Crippen LogP) is 1.19. The van der Waals surface area contributed by atoms with E-state index < -0.39 is 0 Å². The molecular formula is C3H6Nb. The van der Waals surface area contributed by atoms with Crippen LogP contribution in [0.5, 0.6) is 0 Å². The molecule has 1 radical (unpaired) electrons. The maximum absolute atomic E-state index is 3.36. The largest absolute Gasteiger partial charge is 0.103 e. The summed E-state index contributed by atoms with van der Waals surface area (Å²) >= 11 is 0. The first-order chi connectivity index (χ1) is 1.41. The van der Waals surface area contributed by atoms with E-state index in [4.69, 9.17) is 0 Å². The SMILES string of the molecule is C=CC.[Nb]. The molecule has 0 bridgehead atoms. The summed E-state index contributed by atoms with van der Waals surface area (Å²) in [5.74, 6) is 0. The molecule has 0 N–H and O–H groups in total. The molecular weight excluding hydrogens is 129 g/mol. The molecule has 0 aromatic carbocycles. The minimum Gasteiger partial charge on any atom is -0.103 e. The van der Waals surface area contributed by atoms with Gasteiger partial charge in [-0.15, -0.1) is 6.58 Å². The summed E-state index contributed by atoms with van der Waals surface area (Å²) in [6.07, 6.45) is 1.75. The van der Waals surface area contributed by atoms with E-state index in [0.29, 0.717) is 0 Å². The third-order valence-corrected chi connectivity index (χ3v) is 0. The van der Waals surface area contributed by atoms with Crippen LogP contribution in [0.3, 0.4) is 0 Å². The second-order valence-electron chi connectivity index (χ2n) is 0.408. The van der Waals surface area contributed by atoms with E-state index in [1.54, 1.807) is 6.08 Å². The van der Waals surface area contributed by atoms with E-state index in [-0.39, 0.29) is 22.4 Å². The molecule has 0 aromatic rings. The van der Waals surface area contributed by atoms with Crippen molar-refractivity contribution in [2.24, 2.45) is 0 Å². The molecule has 0 saturated carbocycles. The Kier molecular flexibility index (Phi) is 21.5. The van der Waals surface area contributed by atoms with Crippen LogP contribution >= 0.6 is 0 Å². The van der Waals surface area contributed by atoms with Crippen molar-refractivity contribution in [3.05, 3.63) is 12.7 Å². The van der Waals surface area contributed by atoms with Crippen LogP contribution in [0.15, 0.2) is 12.7 Å². The van der Waals surface area contributed by atoms with E-state index in [0.717, 1.165) is 0 Å². The standard InChI is InChI=1S/C3H6.Nb/c1-3-2;/h3H,1H2,2H3;. The quantitative estimate of drug-likeness (QED) is 0.345. The Morgan fingerprint density at radius 3 is 1.75 bits per heavy atom. The van der Waals surface area contributed by atoms with Crippen molar-refractivity contribution in [1.82, 2.24) is 0 Å². The van der Waals surface area contributed by atoms with Gasteiger partial charge < -0.3 is 0 Å². The van der Waals surface area contributed by atoms with E-state index >= 15 is 0 Å². The molecule has 0 rings (SSSR count). The summed E-state index contributed by atoms with van der Waals surface area (Å²) in [4.78, 5) is 0. The van der Waals surface area contributed by atoms with Gasteiger partial charge in [0.1, 0.15) is 0 Å². The normalized spacial score (nSPS) is 3.25. The zero-order valence-corrected chi connectivity index (χ0v) is 4.93. The Morgan fingerprint density at radius 1 is 1.75 bits per heavy atom. The first-order valence-electron chi connectivity index (χ1n) is 0.986. The zero-order valence-electron chi connectivity index (χ0n) is 2.73. The maximum Gasteiger partial charge on any atom is 0 e. The summed E-state index contributed by atoms with van der Waals surface area (Å²) in [6, 6.07) is 0. The van der Waals surface area contributed by atoms with Crippen LogP contribution in [-0.2, 0) is 22.4 Å².